The van der Waals surface area contributed by atoms with Crippen LogP contribution in [0.3, 0.4) is 0 Å². The minimum atomic E-state index is -2.35. The third-order valence-corrected chi connectivity index (χ3v) is 17.8. The summed E-state index contributed by atoms with van der Waals surface area (Å²) in [5, 5.41) is 14.9. The zero-order chi connectivity index (χ0) is 41.7. The van der Waals surface area contributed by atoms with E-state index in [-0.39, 0.29) is 69.2 Å². The normalized spacial score (nSPS) is 18.2. The smallest absolute Gasteiger partial charge is 0.412 e. The summed E-state index contributed by atoms with van der Waals surface area (Å²) in [6.45, 7) is 20.9. The van der Waals surface area contributed by atoms with Crippen molar-refractivity contribution in [3.63, 3.8) is 0 Å². The highest BCUT2D eigenvalue weighted by atomic mass is 28.3. The van der Waals surface area contributed by atoms with Crippen LogP contribution < -0.4 is 15.0 Å². The highest BCUT2D eigenvalue weighted by Gasteiger charge is 2.44. The molecular weight excluding hydrogens is 745 g/mol. The van der Waals surface area contributed by atoms with Gasteiger partial charge in [-0.05, 0) is 93.6 Å². The number of aromatic nitrogens is 3. The van der Waals surface area contributed by atoms with E-state index in [1.165, 1.54) is 12.3 Å². The first kappa shape index (κ1) is 41.9. The Balaban J connectivity index is 1.61. The Morgan fingerprint density at radius 3 is 2.35 bits per heavy atom. The fourth-order valence-corrected chi connectivity index (χ4v) is 13.6. The second-order valence-electron chi connectivity index (χ2n) is 18.1. The van der Waals surface area contributed by atoms with Crippen LogP contribution in [0.4, 0.5) is 25.1 Å². The molecule has 0 radical (unpaired) electrons. The lowest BCUT2D eigenvalue weighted by Gasteiger charge is -2.38. The average molecular weight is 800 g/mol. The van der Waals surface area contributed by atoms with E-state index in [0.717, 1.165) is 6.29 Å². The van der Waals surface area contributed by atoms with Crippen molar-refractivity contribution in [2.45, 2.75) is 123 Å². The van der Waals surface area contributed by atoms with Gasteiger partial charge in [-0.3, -0.25) is 10.3 Å². The molecule has 304 valence electrons. The van der Waals surface area contributed by atoms with Gasteiger partial charge < -0.3 is 24.3 Å². The lowest BCUT2D eigenvalue weighted by molar-refractivity contribution is -0.113. The molecule has 3 heterocycles. The number of halogens is 2. The Bertz CT molecular complexity index is 2250. The van der Waals surface area contributed by atoms with Gasteiger partial charge in [0.1, 0.15) is 49.4 Å². The van der Waals surface area contributed by atoms with Gasteiger partial charge in [-0.25, -0.2) is 13.6 Å². The predicted octanol–water partition coefficient (Wildman–Crippen LogP) is 9.75. The summed E-state index contributed by atoms with van der Waals surface area (Å²) >= 11 is 0. The summed E-state index contributed by atoms with van der Waals surface area (Å²) < 4.78 is 45.3. The van der Waals surface area contributed by atoms with Crippen LogP contribution in [0.15, 0.2) is 30.5 Å². The van der Waals surface area contributed by atoms with Gasteiger partial charge in [-0.2, -0.15) is 9.97 Å². The van der Waals surface area contributed by atoms with Gasteiger partial charge in [-0.15, -0.1) is 5.54 Å². The molecule has 0 spiro atoms. The molecule has 2 aromatic heterocycles. The summed E-state index contributed by atoms with van der Waals surface area (Å²) in [7, 11) is -2.35. The maximum Gasteiger partial charge on any atom is 0.412 e. The van der Waals surface area contributed by atoms with Gasteiger partial charge in [0, 0.05) is 35.9 Å². The standard InChI is InChI=1S/C44H55F2N5O5Si/c1-26(2)57(27(3)4,28(5)6)19-14-31-34(45)13-12-29-20-30(48-41(53)56-42(7,8)9)21-32(35(29)31)37-36(46)38-33(22-47-37)39(51-18-11-15-43(10,54)23-51)50-40(49-38)55-25-44(24-52)16-17-44/h12-13,20-22,24,26-28,54H,11,15-18,23,25H2,1-10H3,(H,48,53)/t43-/m1/s1. The largest absolute Gasteiger partial charge is 0.462 e. The topological polar surface area (TPSA) is 127 Å². The van der Waals surface area contributed by atoms with Gasteiger partial charge in [0.2, 0.25) is 0 Å². The molecule has 1 saturated heterocycles. The highest BCUT2D eigenvalue weighted by molar-refractivity contribution is 6.90. The molecule has 4 aromatic rings. The number of aldehydes is 1. The van der Waals surface area contributed by atoms with E-state index in [4.69, 9.17) is 9.47 Å². The van der Waals surface area contributed by atoms with Crippen molar-refractivity contribution < 1.29 is 33.0 Å². The number of carbonyl (C=O) groups excluding carboxylic acids is 2. The first-order chi connectivity index (χ1) is 26.7. The van der Waals surface area contributed by atoms with Crippen LogP contribution in [-0.2, 0) is 9.53 Å². The Labute approximate surface area is 335 Å². The summed E-state index contributed by atoms with van der Waals surface area (Å²) in [5.74, 6) is 2.23. The molecule has 0 bridgehead atoms. The van der Waals surface area contributed by atoms with Crippen LogP contribution in [0.25, 0.3) is 32.9 Å². The van der Waals surface area contributed by atoms with E-state index >= 15 is 8.78 Å². The summed E-state index contributed by atoms with van der Waals surface area (Å²) in [4.78, 5) is 40.6. The molecule has 0 unspecified atom stereocenters. The third-order valence-electron chi connectivity index (χ3n) is 11.5. The molecule has 2 aromatic carbocycles. The van der Waals surface area contributed by atoms with Crippen molar-refractivity contribution in [3.8, 4) is 28.7 Å². The zero-order valence-corrected chi connectivity index (χ0v) is 35.8. The second kappa shape index (κ2) is 15.6. The summed E-state index contributed by atoms with van der Waals surface area (Å²) in [6, 6.07) is 6.02. The molecule has 2 N–H and O–H groups in total. The number of fused-ring (bicyclic) bond motifs is 2. The number of nitrogens with zero attached hydrogens (tertiary/aromatic N) is 4. The van der Waals surface area contributed by atoms with Crippen LogP contribution in [-0.4, -0.2) is 71.4 Å². The molecule has 1 atom stereocenters. The van der Waals surface area contributed by atoms with Crippen molar-refractivity contribution >= 4 is 53.6 Å². The molecule has 1 saturated carbocycles. The summed E-state index contributed by atoms with van der Waals surface area (Å²) in [6.07, 6.45) is 4.24. The van der Waals surface area contributed by atoms with E-state index in [0.29, 0.717) is 48.8 Å². The van der Waals surface area contributed by atoms with Crippen LogP contribution in [0.5, 0.6) is 6.01 Å². The van der Waals surface area contributed by atoms with Crippen LogP contribution in [0.1, 0.15) is 100 Å². The maximum atomic E-state index is 17.5. The predicted molar refractivity (Wildman–Crippen MR) is 223 cm³/mol. The van der Waals surface area contributed by atoms with Crippen molar-refractivity contribution in [1.82, 2.24) is 15.0 Å². The molecule has 2 fully saturated rings. The minimum Gasteiger partial charge on any atom is -0.462 e. The SMILES string of the molecule is CC(C)[Si](C#Cc1c(F)ccc2cc(NC(=O)OC(C)(C)C)cc(-c3ncc4c(N5CCC[C@@](C)(O)C5)nc(OCC5(C=O)CC5)nc4c3F)c12)(C(C)C)C(C)C. The van der Waals surface area contributed by atoms with Crippen LogP contribution >= 0.6 is 0 Å². The Kier molecular flexibility index (Phi) is 11.5. The second-order valence-corrected chi connectivity index (χ2v) is 23.7. The minimum absolute atomic E-state index is 0.0387. The van der Waals surface area contributed by atoms with Crippen LogP contribution in [0.2, 0.25) is 16.6 Å². The van der Waals surface area contributed by atoms with Crippen molar-refractivity contribution in [2.24, 2.45) is 5.41 Å². The number of β-amino-alcohol motifs (C(OH)–C–C–N with tert-alkyl or cyclic N) is 1. The molecule has 1 amide bonds. The fourth-order valence-electron chi connectivity index (χ4n) is 8.43. The molecule has 13 heteroatoms. The number of carbonyl (C=O) groups is 2. The number of nitrogens with one attached hydrogen (secondary N) is 1. The quantitative estimate of drug-likeness (QED) is 0.0916. The van der Waals surface area contributed by atoms with Crippen LogP contribution in [0, 0.1) is 28.5 Å². The Morgan fingerprint density at radius 2 is 1.75 bits per heavy atom. The van der Waals surface area contributed by atoms with Gasteiger partial charge in [-0.1, -0.05) is 53.5 Å². The highest BCUT2D eigenvalue weighted by Crippen LogP contribution is 2.45. The number of hydrogen-bond acceptors (Lipinski definition) is 9. The van der Waals surface area contributed by atoms with E-state index < -0.39 is 42.4 Å². The Hall–Kier alpha value is -4.67. The van der Waals surface area contributed by atoms with Gasteiger partial charge in [0.25, 0.3) is 0 Å². The monoisotopic (exact) mass is 799 g/mol. The number of rotatable bonds is 10. The Morgan fingerprint density at radius 1 is 1.07 bits per heavy atom. The van der Waals surface area contributed by atoms with E-state index in [2.05, 4.69) is 73.3 Å². The zero-order valence-electron chi connectivity index (χ0n) is 34.8. The number of amides is 1. The number of aliphatic hydroxyl groups is 1. The maximum absolute atomic E-state index is 17.5. The number of hydrogen-bond donors (Lipinski definition) is 2. The molecule has 1 aliphatic heterocycles. The molecule has 2 aliphatic rings. The lowest BCUT2D eigenvalue weighted by Crippen LogP contribution is -2.46. The van der Waals surface area contributed by atoms with Gasteiger partial charge in [0.15, 0.2) is 5.82 Å². The number of ether oxygens (including phenoxy) is 2. The van der Waals surface area contributed by atoms with E-state index in [1.807, 2.05) is 4.90 Å². The van der Waals surface area contributed by atoms with E-state index in [9.17, 15) is 14.7 Å². The molecule has 10 nitrogen and oxygen atoms in total. The van der Waals surface area contributed by atoms with Crippen molar-refractivity contribution in [3.05, 3.63) is 47.7 Å². The number of piperidine rings is 1. The fraction of sp³-hybridized carbons (Fsp3) is 0.523. The summed E-state index contributed by atoms with van der Waals surface area (Å²) in [5.41, 5.74) is 2.36. The molecule has 57 heavy (non-hydrogen) atoms. The average Bonchev–Trinajstić information content (AvgIpc) is 3.90. The van der Waals surface area contributed by atoms with Gasteiger partial charge in [0.05, 0.1) is 22.0 Å². The van der Waals surface area contributed by atoms with Crippen molar-refractivity contribution in [2.75, 3.05) is 29.9 Å². The van der Waals surface area contributed by atoms with E-state index in [1.54, 1.807) is 45.9 Å². The molecule has 6 rings (SSSR count). The first-order valence-electron chi connectivity index (χ1n) is 19.9. The lowest BCUT2D eigenvalue weighted by atomic mass is 9.94. The first-order valence-corrected chi connectivity index (χ1v) is 22.1. The molecule has 1 aliphatic carbocycles. The van der Waals surface area contributed by atoms with Gasteiger partial charge >= 0.3 is 12.1 Å². The third kappa shape index (κ3) is 8.63. The molecular formula is C44H55F2N5O5Si. The number of pyridine rings is 1. The number of benzene rings is 2. The van der Waals surface area contributed by atoms with Crippen molar-refractivity contribution in [1.29, 1.82) is 0 Å². The number of anilines is 2.